The van der Waals surface area contributed by atoms with Crippen LogP contribution in [0.4, 0.5) is 0 Å². The summed E-state index contributed by atoms with van der Waals surface area (Å²) in [6, 6.07) is 8.61. The zero-order chi connectivity index (χ0) is 13.8. The molecule has 0 amide bonds. The number of aliphatic hydroxyl groups is 1. The van der Waals surface area contributed by atoms with Crippen molar-refractivity contribution in [2.75, 3.05) is 6.61 Å². The van der Waals surface area contributed by atoms with E-state index in [1.165, 1.54) is 6.92 Å². The first-order valence-corrected chi connectivity index (χ1v) is 6.16. The van der Waals surface area contributed by atoms with Crippen LogP contribution in [0, 0.1) is 13.0 Å². The van der Waals surface area contributed by atoms with Crippen LogP contribution >= 0.6 is 0 Å². The molecule has 19 heavy (non-hydrogen) atoms. The second-order valence-corrected chi connectivity index (χ2v) is 5.11. The van der Waals surface area contributed by atoms with Gasteiger partial charge in [-0.1, -0.05) is 6.92 Å². The molecule has 0 aliphatic carbocycles. The molecule has 0 aliphatic heterocycles. The van der Waals surface area contributed by atoms with Gasteiger partial charge in [0, 0.05) is 32.7 Å². The number of ether oxygens (including phenoxy) is 1. The minimum Gasteiger partial charge on any atom is -0.380 e. The van der Waals surface area contributed by atoms with Crippen molar-refractivity contribution in [1.82, 2.24) is 0 Å². The number of hydrogen-bond acceptors (Lipinski definition) is 3. The molecule has 4 heteroatoms. The van der Waals surface area contributed by atoms with Crippen LogP contribution in [0.1, 0.15) is 31.9 Å². The van der Waals surface area contributed by atoms with Crippen molar-refractivity contribution >= 4 is 5.78 Å². The summed E-state index contributed by atoms with van der Waals surface area (Å²) >= 11 is 0. The molecule has 0 spiro atoms. The molecule has 103 valence electrons. The summed E-state index contributed by atoms with van der Waals surface area (Å²) in [4.78, 5) is 12.0. The summed E-state index contributed by atoms with van der Waals surface area (Å²) in [5, 5.41) is 10.1. The summed E-state index contributed by atoms with van der Waals surface area (Å²) in [5.74, 6) is -0.236. The molecule has 1 aromatic carbocycles. The van der Waals surface area contributed by atoms with Gasteiger partial charge in [-0.2, -0.15) is 29.8 Å². The Bertz CT molecular complexity index is 396. The van der Waals surface area contributed by atoms with Gasteiger partial charge >= 0.3 is 0 Å². The van der Waals surface area contributed by atoms with E-state index < -0.39 is 5.60 Å². The minimum atomic E-state index is -1.44. The van der Waals surface area contributed by atoms with E-state index in [4.69, 9.17) is 4.74 Å². The molecule has 0 fully saturated rings. The molecule has 0 heterocycles. The van der Waals surface area contributed by atoms with Gasteiger partial charge in [0.05, 0.1) is 12.7 Å². The third-order valence-electron chi connectivity index (χ3n) is 2.70. The molecule has 1 radical (unpaired) electrons. The Hall–Kier alpha value is -0.0861. The van der Waals surface area contributed by atoms with E-state index >= 15 is 0 Å². The summed E-state index contributed by atoms with van der Waals surface area (Å²) in [5.41, 5.74) is 0.450. The van der Waals surface area contributed by atoms with Crippen molar-refractivity contribution in [1.29, 1.82) is 0 Å². The van der Waals surface area contributed by atoms with E-state index in [1.807, 2.05) is 32.9 Å². The second kappa shape index (κ2) is 8.26. The third-order valence-corrected chi connectivity index (χ3v) is 2.70. The van der Waals surface area contributed by atoms with E-state index in [0.29, 0.717) is 0 Å². The quantitative estimate of drug-likeness (QED) is 0.808. The van der Waals surface area contributed by atoms with Gasteiger partial charge in [-0.25, -0.2) is 0 Å². The predicted molar refractivity (Wildman–Crippen MR) is 70.4 cm³/mol. The van der Waals surface area contributed by atoms with Crippen LogP contribution in [-0.4, -0.2) is 29.2 Å². The average molecular weight is 338 g/mol. The number of rotatable bonds is 6. The Labute approximate surface area is 140 Å². The number of carbonyl (C=O) groups is 1. The van der Waals surface area contributed by atoms with E-state index in [-0.39, 0.29) is 57.6 Å². The Morgan fingerprint density at radius 1 is 1.47 bits per heavy atom. The molecule has 1 aromatic rings. The number of benzene rings is 1. The van der Waals surface area contributed by atoms with Crippen LogP contribution < -0.4 is 0 Å². The van der Waals surface area contributed by atoms with Gasteiger partial charge in [0.15, 0.2) is 5.78 Å². The number of aryl methyl sites for hydroxylation is 1. The molecule has 0 saturated heterocycles. The molecule has 1 N–H and O–H groups in total. The maximum Gasteiger partial charge on any atom is 0.159 e. The molecule has 0 bridgehead atoms. The fourth-order valence-electron chi connectivity index (χ4n) is 1.43. The first kappa shape index (κ1) is 18.9. The van der Waals surface area contributed by atoms with Crippen LogP contribution in [0.25, 0.3) is 0 Å². The summed E-state index contributed by atoms with van der Waals surface area (Å²) in [7, 11) is 0. The summed E-state index contributed by atoms with van der Waals surface area (Å²) in [6.45, 7) is 7.21. The number of Topliss-reactive ketones (excluding diaryl/α,β-unsaturated/α-hetero) is 1. The standard InChI is InChI=1S/C15H21O3.Y/c1-11(2)18-10-15(4,17)14(16)9-13-7-5-12(3)6-8-13;/h5,7-8,11,17H,9-10H2,1-4H3;/q-1;/t15-;/m0./s1. The molecule has 0 aromatic heterocycles. The van der Waals surface area contributed by atoms with E-state index in [1.54, 1.807) is 6.07 Å². The van der Waals surface area contributed by atoms with Crippen molar-refractivity contribution in [2.45, 2.75) is 45.8 Å². The van der Waals surface area contributed by atoms with E-state index in [0.717, 1.165) is 11.1 Å². The number of hydrogen-bond donors (Lipinski definition) is 1. The number of carbonyl (C=O) groups excluding carboxylic acids is 1. The van der Waals surface area contributed by atoms with Gasteiger partial charge in [-0.15, -0.1) is 5.56 Å². The topological polar surface area (TPSA) is 46.5 Å². The maximum absolute atomic E-state index is 12.0. The van der Waals surface area contributed by atoms with Crippen molar-refractivity contribution in [3.8, 4) is 0 Å². The van der Waals surface area contributed by atoms with Crippen LogP contribution in [-0.2, 0) is 48.7 Å². The molecule has 0 saturated carbocycles. The van der Waals surface area contributed by atoms with Crippen molar-refractivity contribution in [3.05, 3.63) is 35.4 Å². The first-order valence-electron chi connectivity index (χ1n) is 6.16. The van der Waals surface area contributed by atoms with Gasteiger partial charge in [0.2, 0.25) is 0 Å². The largest absolute Gasteiger partial charge is 0.380 e. The van der Waals surface area contributed by atoms with E-state index in [9.17, 15) is 9.90 Å². The Morgan fingerprint density at radius 3 is 2.58 bits per heavy atom. The molecule has 1 rings (SSSR count). The fourth-order valence-corrected chi connectivity index (χ4v) is 1.43. The number of ketones is 1. The second-order valence-electron chi connectivity index (χ2n) is 5.11. The average Bonchev–Trinajstić information content (AvgIpc) is 2.29. The van der Waals surface area contributed by atoms with Crippen molar-refractivity contribution in [2.24, 2.45) is 0 Å². The van der Waals surface area contributed by atoms with Gasteiger partial charge in [0.1, 0.15) is 5.60 Å². The molecule has 0 unspecified atom stereocenters. The van der Waals surface area contributed by atoms with Crippen LogP contribution in [0.3, 0.4) is 0 Å². The molecular formula is C15H21O3Y-. The fraction of sp³-hybridized carbons (Fsp3) is 0.533. The van der Waals surface area contributed by atoms with Gasteiger partial charge in [0.25, 0.3) is 0 Å². The Morgan fingerprint density at radius 2 is 2.11 bits per heavy atom. The molecular weight excluding hydrogens is 317 g/mol. The normalized spacial score (nSPS) is 13.8. The molecule has 0 aliphatic rings. The summed E-state index contributed by atoms with van der Waals surface area (Å²) in [6.07, 6.45) is 0.197. The smallest absolute Gasteiger partial charge is 0.159 e. The zero-order valence-electron chi connectivity index (χ0n) is 12.1. The van der Waals surface area contributed by atoms with E-state index in [2.05, 4.69) is 6.07 Å². The Balaban J connectivity index is 0.00000324. The van der Waals surface area contributed by atoms with Crippen molar-refractivity contribution < 1.29 is 47.3 Å². The van der Waals surface area contributed by atoms with Crippen LogP contribution in [0.2, 0.25) is 0 Å². The summed E-state index contributed by atoms with van der Waals surface area (Å²) < 4.78 is 5.31. The third kappa shape index (κ3) is 6.76. The minimum absolute atomic E-state index is 0. The monoisotopic (exact) mass is 338 g/mol. The van der Waals surface area contributed by atoms with Crippen LogP contribution in [0.5, 0.6) is 0 Å². The Kier molecular flexibility index (Phi) is 8.22. The van der Waals surface area contributed by atoms with Gasteiger partial charge in [-0.05, 0) is 27.2 Å². The molecule has 3 nitrogen and oxygen atoms in total. The maximum atomic E-state index is 12.0. The predicted octanol–water partition coefficient (Wildman–Crippen LogP) is 2.08. The SMILES string of the molecule is Cc1[c-]cc(CC(=O)[C@@](C)(O)COC(C)C)cc1.[Y]. The molecule has 1 atom stereocenters. The van der Waals surface area contributed by atoms with Gasteiger partial charge in [-0.3, -0.25) is 4.79 Å². The van der Waals surface area contributed by atoms with Crippen LogP contribution in [0.15, 0.2) is 18.2 Å². The van der Waals surface area contributed by atoms with Gasteiger partial charge < -0.3 is 9.84 Å². The first-order chi connectivity index (χ1) is 8.31. The zero-order valence-corrected chi connectivity index (χ0v) is 14.9. The van der Waals surface area contributed by atoms with Crippen molar-refractivity contribution in [3.63, 3.8) is 0 Å².